The van der Waals surface area contributed by atoms with Gasteiger partial charge in [0.05, 0.1) is 5.69 Å². The van der Waals surface area contributed by atoms with Gasteiger partial charge in [0.15, 0.2) is 5.15 Å². The van der Waals surface area contributed by atoms with Crippen molar-refractivity contribution < 1.29 is 0 Å². The molecule has 0 unspecified atom stereocenters. The number of hydrogen-bond donors (Lipinski definition) is 1. The van der Waals surface area contributed by atoms with E-state index in [-0.39, 0.29) is 0 Å². The Morgan fingerprint density at radius 2 is 2.25 bits per heavy atom. The number of likely N-dealkylation sites (tertiary alicyclic amines) is 1. The zero-order valence-electron chi connectivity index (χ0n) is 9.27. The van der Waals surface area contributed by atoms with E-state index in [1.165, 1.54) is 12.8 Å². The topological polar surface area (TPSA) is 55.0 Å². The minimum atomic E-state index is 0.511. The maximum Gasteiger partial charge on any atom is 0.151 e. The average Bonchev–Trinajstić information content (AvgIpc) is 2.32. The predicted octanol–water partition coefficient (Wildman–Crippen LogP) is 1.30. The summed E-state index contributed by atoms with van der Waals surface area (Å²) in [4.78, 5) is 10.6. The largest absolute Gasteiger partial charge is 0.330 e. The smallest absolute Gasteiger partial charge is 0.151 e. The molecular weight excluding hydrogens is 224 g/mol. The second-order valence-corrected chi connectivity index (χ2v) is 4.63. The number of halogens is 1. The maximum atomic E-state index is 5.99. The molecule has 5 heteroatoms. The molecule has 1 saturated heterocycles. The molecule has 88 valence electrons. The van der Waals surface area contributed by atoms with Gasteiger partial charge < -0.3 is 5.73 Å². The van der Waals surface area contributed by atoms with Gasteiger partial charge in [0.25, 0.3) is 0 Å². The first-order chi connectivity index (χ1) is 7.79. The second kappa shape index (κ2) is 5.57. The van der Waals surface area contributed by atoms with Crippen LogP contribution in [-0.2, 0) is 6.54 Å². The normalized spacial score (nSPS) is 22.2. The summed E-state index contributed by atoms with van der Waals surface area (Å²) in [6.45, 7) is 3.70. The lowest BCUT2D eigenvalue weighted by molar-refractivity contribution is 0.169. The van der Waals surface area contributed by atoms with Crippen LogP contribution in [0.3, 0.4) is 0 Å². The highest BCUT2D eigenvalue weighted by Gasteiger charge is 2.19. The van der Waals surface area contributed by atoms with Crippen LogP contribution in [0.1, 0.15) is 18.5 Å². The number of aromatic nitrogens is 2. The van der Waals surface area contributed by atoms with E-state index in [9.17, 15) is 0 Å². The molecule has 1 aliphatic heterocycles. The summed E-state index contributed by atoms with van der Waals surface area (Å²) in [5.74, 6) is 0.615. The quantitative estimate of drug-likeness (QED) is 0.866. The Bertz CT molecular complexity index is 345. The van der Waals surface area contributed by atoms with Crippen LogP contribution in [0, 0.1) is 5.92 Å². The summed E-state index contributed by atoms with van der Waals surface area (Å²) in [5, 5.41) is 0.511. The van der Waals surface area contributed by atoms with Gasteiger partial charge in [-0.05, 0) is 31.8 Å². The van der Waals surface area contributed by atoms with Crippen molar-refractivity contribution in [2.24, 2.45) is 11.7 Å². The SMILES string of the molecule is NC[C@H]1CCCN(Cc2nccnc2Cl)C1. The molecule has 16 heavy (non-hydrogen) atoms. The molecule has 0 bridgehead atoms. The van der Waals surface area contributed by atoms with Crippen molar-refractivity contribution >= 4 is 11.6 Å². The van der Waals surface area contributed by atoms with Crippen LogP contribution in [0.2, 0.25) is 5.15 Å². The van der Waals surface area contributed by atoms with Gasteiger partial charge >= 0.3 is 0 Å². The van der Waals surface area contributed by atoms with E-state index in [0.29, 0.717) is 11.1 Å². The van der Waals surface area contributed by atoms with Gasteiger partial charge in [0, 0.05) is 25.5 Å². The van der Waals surface area contributed by atoms with Gasteiger partial charge in [0.1, 0.15) is 0 Å². The van der Waals surface area contributed by atoms with Gasteiger partial charge in [-0.3, -0.25) is 9.88 Å². The highest BCUT2D eigenvalue weighted by molar-refractivity contribution is 6.29. The number of hydrogen-bond acceptors (Lipinski definition) is 4. The molecule has 1 aromatic rings. The Hall–Kier alpha value is -0.710. The molecule has 0 radical (unpaired) electrons. The highest BCUT2D eigenvalue weighted by Crippen LogP contribution is 2.18. The monoisotopic (exact) mass is 240 g/mol. The molecule has 1 atom stereocenters. The van der Waals surface area contributed by atoms with E-state index in [4.69, 9.17) is 17.3 Å². The Labute approximate surface area is 101 Å². The first-order valence-electron chi connectivity index (χ1n) is 5.67. The van der Waals surface area contributed by atoms with Gasteiger partial charge in [-0.25, -0.2) is 4.98 Å². The van der Waals surface area contributed by atoms with Crippen molar-refractivity contribution in [3.63, 3.8) is 0 Å². The summed E-state index contributed by atoms with van der Waals surface area (Å²) in [6.07, 6.45) is 5.75. The Kier molecular flexibility index (Phi) is 4.09. The number of nitrogens with zero attached hydrogens (tertiary/aromatic N) is 3. The molecular formula is C11H17ClN4. The summed E-state index contributed by atoms with van der Waals surface area (Å²) >= 11 is 5.99. The van der Waals surface area contributed by atoms with E-state index >= 15 is 0 Å². The minimum Gasteiger partial charge on any atom is -0.330 e. The number of piperidine rings is 1. The average molecular weight is 241 g/mol. The Morgan fingerprint density at radius 3 is 3.00 bits per heavy atom. The van der Waals surface area contributed by atoms with Crippen LogP contribution in [0.25, 0.3) is 0 Å². The molecule has 2 heterocycles. The third-order valence-electron chi connectivity index (χ3n) is 3.03. The fraction of sp³-hybridized carbons (Fsp3) is 0.636. The van der Waals surface area contributed by atoms with Gasteiger partial charge in [0.2, 0.25) is 0 Å². The van der Waals surface area contributed by atoms with E-state index in [2.05, 4.69) is 14.9 Å². The zero-order chi connectivity index (χ0) is 11.4. The van der Waals surface area contributed by atoms with Crippen LogP contribution < -0.4 is 5.73 Å². The van der Waals surface area contributed by atoms with E-state index < -0.39 is 0 Å². The third kappa shape index (κ3) is 2.90. The molecule has 0 aliphatic carbocycles. The Morgan fingerprint density at radius 1 is 1.44 bits per heavy atom. The Balaban J connectivity index is 1.97. The molecule has 2 rings (SSSR count). The highest BCUT2D eigenvalue weighted by atomic mass is 35.5. The fourth-order valence-electron chi connectivity index (χ4n) is 2.16. The molecule has 2 N–H and O–H groups in total. The molecule has 0 spiro atoms. The molecule has 1 fully saturated rings. The lowest BCUT2D eigenvalue weighted by Crippen LogP contribution is -2.38. The van der Waals surface area contributed by atoms with Crippen LogP contribution >= 0.6 is 11.6 Å². The van der Waals surface area contributed by atoms with E-state index in [0.717, 1.165) is 31.9 Å². The van der Waals surface area contributed by atoms with Crippen LogP contribution in [0.4, 0.5) is 0 Å². The fourth-order valence-corrected chi connectivity index (χ4v) is 2.32. The summed E-state index contributed by atoms with van der Waals surface area (Å²) in [6, 6.07) is 0. The van der Waals surface area contributed by atoms with Gasteiger partial charge in [-0.1, -0.05) is 11.6 Å². The van der Waals surface area contributed by atoms with E-state index in [1.807, 2.05) is 0 Å². The van der Waals surface area contributed by atoms with Crippen molar-refractivity contribution in [2.75, 3.05) is 19.6 Å². The van der Waals surface area contributed by atoms with Gasteiger partial charge in [-0.15, -0.1) is 0 Å². The van der Waals surface area contributed by atoms with Crippen molar-refractivity contribution in [3.05, 3.63) is 23.2 Å². The summed E-state index contributed by atoms with van der Waals surface area (Å²) in [5.41, 5.74) is 6.57. The first-order valence-corrected chi connectivity index (χ1v) is 6.05. The minimum absolute atomic E-state index is 0.511. The molecule has 0 saturated carbocycles. The molecule has 0 amide bonds. The lowest BCUT2D eigenvalue weighted by Gasteiger charge is -2.31. The van der Waals surface area contributed by atoms with Crippen molar-refractivity contribution in [3.8, 4) is 0 Å². The van der Waals surface area contributed by atoms with Crippen molar-refractivity contribution in [1.29, 1.82) is 0 Å². The summed E-state index contributed by atoms with van der Waals surface area (Å²) in [7, 11) is 0. The molecule has 0 aromatic carbocycles. The molecule has 4 nitrogen and oxygen atoms in total. The number of nitrogens with two attached hydrogens (primary N) is 1. The second-order valence-electron chi connectivity index (χ2n) is 4.27. The van der Waals surface area contributed by atoms with Crippen LogP contribution in [-0.4, -0.2) is 34.5 Å². The van der Waals surface area contributed by atoms with Crippen LogP contribution in [0.5, 0.6) is 0 Å². The number of rotatable bonds is 3. The van der Waals surface area contributed by atoms with Crippen molar-refractivity contribution in [2.45, 2.75) is 19.4 Å². The zero-order valence-corrected chi connectivity index (χ0v) is 10.0. The van der Waals surface area contributed by atoms with E-state index in [1.54, 1.807) is 12.4 Å². The van der Waals surface area contributed by atoms with Crippen LogP contribution in [0.15, 0.2) is 12.4 Å². The first kappa shape index (κ1) is 11.8. The molecule has 1 aliphatic rings. The maximum absolute atomic E-state index is 5.99. The predicted molar refractivity (Wildman–Crippen MR) is 64.1 cm³/mol. The third-order valence-corrected chi connectivity index (χ3v) is 3.35. The summed E-state index contributed by atoms with van der Waals surface area (Å²) < 4.78 is 0. The van der Waals surface area contributed by atoms with Crippen molar-refractivity contribution in [1.82, 2.24) is 14.9 Å². The standard InChI is InChI=1S/C11H17ClN4/c12-11-10(14-3-4-15-11)8-16-5-1-2-9(6-13)7-16/h3-4,9H,1-2,5-8,13H2/t9-/m1/s1. The van der Waals surface area contributed by atoms with Gasteiger partial charge in [-0.2, -0.15) is 0 Å². The molecule has 1 aromatic heterocycles. The lowest BCUT2D eigenvalue weighted by atomic mass is 9.98.